The molecule has 1 aromatic carbocycles. The highest BCUT2D eigenvalue weighted by atomic mass is 79.9. The molecule has 4 nitrogen and oxygen atoms in total. The number of benzene rings is 1. The Bertz CT molecular complexity index is 753. The van der Waals surface area contributed by atoms with Crippen LogP contribution in [0.4, 0.5) is 0 Å². The van der Waals surface area contributed by atoms with Crippen LogP contribution in [0.15, 0.2) is 45.3 Å². The average Bonchev–Trinajstić information content (AvgIpc) is 2.98. The highest BCUT2D eigenvalue weighted by molar-refractivity contribution is 9.10. The van der Waals surface area contributed by atoms with Crippen LogP contribution in [0.1, 0.15) is 16.1 Å². The van der Waals surface area contributed by atoms with Crippen LogP contribution < -0.4 is 0 Å². The van der Waals surface area contributed by atoms with Gasteiger partial charge in [-0.2, -0.15) is 0 Å². The maximum Gasteiger partial charge on any atom is 0.336 e. The van der Waals surface area contributed by atoms with E-state index in [4.69, 9.17) is 5.11 Å². The molecule has 0 aliphatic rings. The molecule has 0 unspecified atom stereocenters. The molecule has 7 heteroatoms. The molecule has 3 aromatic rings. The lowest BCUT2D eigenvalue weighted by Crippen LogP contribution is -1.97. The van der Waals surface area contributed by atoms with Crippen molar-refractivity contribution >= 4 is 50.0 Å². The van der Waals surface area contributed by atoms with Crippen molar-refractivity contribution in [3.63, 3.8) is 0 Å². The van der Waals surface area contributed by atoms with E-state index in [1.165, 1.54) is 0 Å². The number of aromatic carboxylic acids is 1. The Hall–Kier alpha value is -1.31. The first-order valence-corrected chi connectivity index (χ1v) is 8.36. The fourth-order valence-electron chi connectivity index (χ4n) is 1.76. The molecular formula is C13H9BrN2O2S2. The van der Waals surface area contributed by atoms with Crippen molar-refractivity contribution < 1.29 is 9.90 Å². The van der Waals surface area contributed by atoms with Gasteiger partial charge in [-0.25, -0.2) is 9.78 Å². The van der Waals surface area contributed by atoms with Gasteiger partial charge in [0.25, 0.3) is 0 Å². The molecule has 2 aromatic heterocycles. The van der Waals surface area contributed by atoms with E-state index in [1.54, 1.807) is 35.2 Å². The topological polar surface area (TPSA) is 54.6 Å². The van der Waals surface area contributed by atoms with Gasteiger partial charge in [0.1, 0.15) is 0 Å². The van der Waals surface area contributed by atoms with Crippen molar-refractivity contribution in [2.75, 3.05) is 0 Å². The van der Waals surface area contributed by atoms with Crippen molar-refractivity contribution in [2.24, 2.45) is 0 Å². The predicted molar refractivity (Wildman–Crippen MR) is 83.7 cm³/mol. The van der Waals surface area contributed by atoms with Crippen molar-refractivity contribution in [1.82, 2.24) is 9.38 Å². The Labute approximate surface area is 131 Å². The lowest BCUT2D eigenvalue weighted by Gasteiger charge is -2.03. The number of rotatable bonds is 4. The lowest BCUT2D eigenvalue weighted by atomic mass is 10.2. The number of thiazole rings is 1. The van der Waals surface area contributed by atoms with Crippen LogP contribution in [0, 0.1) is 0 Å². The molecule has 20 heavy (non-hydrogen) atoms. The minimum atomic E-state index is -0.929. The third kappa shape index (κ3) is 2.74. The zero-order valence-electron chi connectivity index (χ0n) is 10.1. The molecule has 0 aliphatic heterocycles. The average molecular weight is 369 g/mol. The van der Waals surface area contributed by atoms with Crippen LogP contribution in [0.25, 0.3) is 4.96 Å². The lowest BCUT2D eigenvalue weighted by molar-refractivity contribution is 0.0695. The highest BCUT2D eigenvalue weighted by Gasteiger charge is 2.10. The van der Waals surface area contributed by atoms with Gasteiger partial charge in [0.15, 0.2) is 4.96 Å². The first-order chi connectivity index (χ1) is 9.63. The number of hydrogen-bond donors (Lipinski definition) is 1. The standard InChI is InChI=1S/C13H9BrN2O2S2/c14-11-2-1-9(5-10(11)12(17)18)20-7-8-6-16-3-4-19-13(16)15-8/h1-6H,7H2,(H,17,18). The quantitative estimate of drug-likeness (QED) is 0.702. The van der Waals surface area contributed by atoms with E-state index < -0.39 is 5.97 Å². The van der Waals surface area contributed by atoms with Crippen molar-refractivity contribution in [2.45, 2.75) is 10.6 Å². The third-order valence-electron chi connectivity index (χ3n) is 2.70. The van der Waals surface area contributed by atoms with Gasteiger partial charge in [-0.1, -0.05) is 0 Å². The fourth-order valence-corrected chi connectivity index (χ4v) is 3.72. The third-order valence-corrected chi connectivity index (χ3v) is 5.19. The summed E-state index contributed by atoms with van der Waals surface area (Å²) in [5.74, 6) is -0.212. The van der Waals surface area contributed by atoms with Crippen LogP contribution in [0.3, 0.4) is 0 Å². The maximum atomic E-state index is 11.1. The molecule has 0 fully saturated rings. The van der Waals surface area contributed by atoms with Gasteiger partial charge in [0.2, 0.25) is 0 Å². The van der Waals surface area contributed by atoms with Gasteiger partial charge in [-0.05, 0) is 34.1 Å². The van der Waals surface area contributed by atoms with E-state index in [0.717, 1.165) is 21.3 Å². The van der Waals surface area contributed by atoms with Crippen LogP contribution in [0.5, 0.6) is 0 Å². The SMILES string of the molecule is O=C(O)c1cc(SCc2cn3ccsc3n2)ccc1Br. The summed E-state index contributed by atoms with van der Waals surface area (Å²) in [6.45, 7) is 0. The van der Waals surface area contributed by atoms with E-state index in [9.17, 15) is 4.79 Å². The molecule has 0 bridgehead atoms. The molecule has 0 amide bonds. The summed E-state index contributed by atoms with van der Waals surface area (Å²) in [5.41, 5.74) is 1.27. The summed E-state index contributed by atoms with van der Waals surface area (Å²) in [6.07, 6.45) is 3.97. The molecule has 0 spiro atoms. The summed E-state index contributed by atoms with van der Waals surface area (Å²) in [5, 5.41) is 11.1. The largest absolute Gasteiger partial charge is 0.478 e. The Morgan fingerprint density at radius 1 is 1.50 bits per heavy atom. The highest BCUT2D eigenvalue weighted by Crippen LogP contribution is 2.27. The molecule has 3 rings (SSSR count). The molecule has 0 saturated carbocycles. The number of carbonyl (C=O) groups is 1. The molecule has 102 valence electrons. The fraction of sp³-hybridized carbons (Fsp3) is 0.0769. The number of carboxylic acids is 1. The summed E-state index contributed by atoms with van der Waals surface area (Å²) >= 11 is 6.41. The first-order valence-electron chi connectivity index (χ1n) is 5.70. The van der Waals surface area contributed by atoms with Gasteiger partial charge >= 0.3 is 5.97 Å². The summed E-state index contributed by atoms with van der Waals surface area (Å²) < 4.78 is 2.59. The smallest absolute Gasteiger partial charge is 0.336 e. The molecule has 0 aliphatic carbocycles. The van der Waals surface area contributed by atoms with Gasteiger partial charge in [0, 0.05) is 32.9 Å². The number of nitrogens with zero attached hydrogens (tertiary/aromatic N) is 2. The number of thioether (sulfide) groups is 1. The van der Waals surface area contributed by atoms with Crippen molar-refractivity contribution in [3.05, 3.63) is 51.7 Å². The Balaban J connectivity index is 1.76. The normalized spacial score (nSPS) is 11.1. The monoisotopic (exact) mass is 368 g/mol. The molecule has 1 N–H and O–H groups in total. The minimum Gasteiger partial charge on any atom is -0.478 e. The van der Waals surface area contributed by atoms with Crippen molar-refractivity contribution in [1.29, 1.82) is 0 Å². The van der Waals surface area contributed by atoms with E-state index in [-0.39, 0.29) is 5.56 Å². The summed E-state index contributed by atoms with van der Waals surface area (Å²) in [4.78, 5) is 17.5. The van der Waals surface area contributed by atoms with Crippen LogP contribution in [-0.4, -0.2) is 20.5 Å². The van der Waals surface area contributed by atoms with E-state index in [0.29, 0.717) is 4.47 Å². The summed E-state index contributed by atoms with van der Waals surface area (Å²) in [6, 6.07) is 5.34. The molecule has 2 heterocycles. The second kappa shape index (κ2) is 5.59. The molecule has 0 saturated heterocycles. The number of fused-ring (bicyclic) bond motifs is 1. The minimum absolute atomic E-state index is 0.279. The Morgan fingerprint density at radius 2 is 2.35 bits per heavy atom. The summed E-state index contributed by atoms with van der Waals surface area (Å²) in [7, 11) is 0. The second-order valence-corrected chi connectivity index (χ2v) is 6.84. The van der Waals surface area contributed by atoms with Crippen LogP contribution >= 0.6 is 39.0 Å². The van der Waals surface area contributed by atoms with Gasteiger partial charge in [-0.15, -0.1) is 23.1 Å². The zero-order valence-corrected chi connectivity index (χ0v) is 13.3. The first kappa shape index (κ1) is 13.7. The van der Waals surface area contributed by atoms with Gasteiger partial charge in [0.05, 0.1) is 11.3 Å². The van der Waals surface area contributed by atoms with Crippen LogP contribution in [-0.2, 0) is 5.75 Å². The van der Waals surface area contributed by atoms with Crippen molar-refractivity contribution in [3.8, 4) is 0 Å². The van der Waals surface area contributed by atoms with E-state index >= 15 is 0 Å². The number of carboxylic acid groups (broad SMARTS) is 1. The van der Waals surface area contributed by atoms with E-state index in [1.807, 2.05) is 28.2 Å². The number of hydrogen-bond acceptors (Lipinski definition) is 4. The number of imidazole rings is 1. The number of aromatic nitrogens is 2. The number of halogens is 1. The molecule has 0 atom stereocenters. The molecular weight excluding hydrogens is 360 g/mol. The Morgan fingerprint density at radius 3 is 3.10 bits per heavy atom. The molecule has 0 radical (unpaired) electrons. The zero-order chi connectivity index (χ0) is 14.1. The van der Waals surface area contributed by atoms with Gasteiger partial charge < -0.3 is 5.11 Å². The van der Waals surface area contributed by atoms with Crippen LogP contribution in [0.2, 0.25) is 0 Å². The van der Waals surface area contributed by atoms with E-state index in [2.05, 4.69) is 20.9 Å². The predicted octanol–water partition coefficient (Wildman–Crippen LogP) is 4.15. The Kier molecular flexibility index (Phi) is 3.82. The maximum absolute atomic E-state index is 11.1. The second-order valence-electron chi connectivity index (χ2n) is 4.06. The van der Waals surface area contributed by atoms with Gasteiger partial charge in [-0.3, -0.25) is 4.40 Å².